The number of rotatable bonds is 1. The molecule has 2 heterocycles. The Kier molecular flexibility index (Phi) is 2.39. The molecule has 0 aromatic carbocycles. The van der Waals surface area contributed by atoms with Crippen LogP contribution in [0.3, 0.4) is 0 Å². The lowest BCUT2D eigenvalue weighted by molar-refractivity contribution is 0.527. The summed E-state index contributed by atoms with van der Waals surface area (Å²) in [5, 5.41) is 0. The summed E-state index contributed by atoms with van der Waals surface area (Å²) < 4.78 is 7.01. The van der Waals surface area contributed by atoms with E-state index in [0.29, 0.717) is 5.88 Å². The summed E-state index contributed by atoms with van der Waals surface area (Å²) >= 11 is 0. The van der Waals surface area contributed by atoms with Crippen molar-refractivity contribution in [2.75, 3.05) is 0 Å². The maximum Gasteiger partial charge on any atom is 0.261 e. The Bertz CT molecular complexity index is 593. The highest BCUT2D eigenvalue weighted by Gasteiger charge is 2.17. The first-order chi connectivity index (χ1) is 8.27. The lowest BCUT2D eigenvalue weighted by Crippen LogP contribution is -2.27. The van der Waals surface area contributed by atoms with Gasteiger partial charge in [-0.05, 0) is 50.3 Å². The molecule has 0 atom stereocenters. The number of furan rings is 1. The van der Waals surface area contributed by atoms with Gasteiger partial charge in [-0.1, -0.05) is 0 Å². The van der Waals surface area contributed by atoms with Gasteiger partial charge in [-0.2, -0.15) is 0 Å². The largest absolute Gasteiger partial charge is 0.448 e. The van der Waals surface area contributed by atoms with E-state index in [1.807, 2.05) is 13.0 Å². The molecule has 0 saturated carbocycles. The van der Waals surface area contributed by atoms with Gasteiger partial charge < -0.3 is 4.42 Å². The van der Waals surface area contributed by atoms with E-state index in [1.165, 1.54) is 12.0 Å². The van der Waals surface area contributed by atoms with E-state index in [4.69, 9.17) is 4.42 Å². The summed E-state index contributed by atoms with van der Waals surface area (Å²) in [7, 11) is 0. The number of hydrogen-bond acceptors (Lipinski definition) is 2. The maximum absolute atomic E-state index is 12.4. The van der Waals surface area contributed by atoms with Crippen LogP contribution in [0, 0.1) is 6.92 Å². The zero-order valence-corrected chi connectivity index (χ0v) is 9.90. The van der Waals surface area contributed by atoms with Gasteiger partial charge in [-0.3, -0.25) is 9.36 Å². The molecule has 0 N–H and O–H groups in total. The first-order valence-electron chi connectivity index (χ1n) is 6.05. The van der Waals surface area contributed by atoms with Gasteiger partial charge >= 0.3 is 0 Å². The van der Waals surface area contributed by atoms with Crippen molar-refractivity contribution >= 4 is 0 Å². The Morgan fingerprint density at radius 3 is 2.88 bits per heavy atom. The van der Waals surface area contributed by atoms with Crippen molar-refractivity contribution in [1.29, 1.82) is 0 Å². The number of hydrogen-bond donors (Lipinski definition) is 0. The molecule has 2 aromatic heterocycles. The lowest BCUT2D eigenvalue weighted by Gasteiger charge is -2.18. The van der Waals surface area contributed by atoms with Crippen molar-refractivity contribution in [3.05, 3.63) is 51.6 Å². The Morgan fingerprint density at radius 2 is 2.12 bits per heavy atom. The van der Waals surface area contributed by atoms with Crippen LogP contribution in [-0.2, 0) is 12.8 Å². The third-order valence-corrected chi connectivity index (χ3v) is 3.43. The van der Waals surface area contributed by atoms with Crippen molar-refractivity contribution < 1.29 is 4.42 Å². The van der Waals surface area contributed by atoms with Crippen LogP contribution in [0.4, 0.5) is 0 Å². The first kappa shape index (κ1) is 10.4. The van der Waals surface area contributed by atoms with E-state index in [0.717, 1.165) is 30.5 Å². The van der Waals surface area contributed by atoms with Gasteiger partial charge in [0.25, 0.3) is 5.56 Å². The summed E-state index contributed by atoms with van der Waals surface area (Å²) in [6.45, 7) is 1.96. The molecule has 0 aliphatic heterocycles. The molecule has 1 aliphatic carbocycles. The Labute approximate surface area is 99.7 Å². The molecule has 0 saturated heterocycles. The topological polar surface area (TPSA) is 35.1 Å². The van der Waals surface area contributed by atoms with Crippen molar-refractivity contribution in [1.82, 2.24) is 4.57 Å². The molecule has 3 rings (SSSR count). The van der Waals surface area contributed by atoms with Gasteiger partial charge in [0.1, 0.15) is 0 Å². The Balaban J connectivity index is 2.26. The molecule has 88 valence electrons. The van der Waals surface area contributed by atoms with Crippen LogP contribution in [0.5, 0.6) is 0 Å². The highest BCUT2D eigenvalue weighted by molar-refractivity contribution is 5.34. The molecule has 17 heavy (non-hydrogen) atoms. The Hall–Kier alpha value is -1.77. The summed E-state index contributed by atoms with van der Waals surface area (Å²) in [6, 6.07) is 5.75. The molecule has 0 fully saturated rings. The number of nitrogens with zero attached hydrogens (tertiary/aromatic N) is 1. The molecule has 0 radical (unpaired) electrons. The fourth-order valence-corrected chi connectivity index (χ4v) is 2.62. The number of aromatic nitrogens is 1. The maximum atomic E-state index is 12.4. The van der Waals surface area contributed by atoms with E-state index >= 15 is 0 Å². The summed E-state index contributed by atoms with van der Waals surface area (Å²) in [5.74, 6) is 0.612. The third-order valence-electron chi connectivity index (χ3n) is 3.43. The highest BCUT2D eigenvalue weighted by atomic mass is 16.3. The van der Waals surface area contributed by atoms with Crippen LogP contribution in [-0.4, -0.2) is 4.57 Å². The average Bonchev–Trinajstić information content (AvgIpc) is 2.83. The molecular formula is C14H15NO2. The second-order valence-corrected chi connectivity index (χ2v) is 4.59. The molecule has 2 aromatic rings. The monoisotopic (exact) mass is 229 g/mol. The van der Waals surface area contributed by atoms with Gasteiger partial charge in [-0.25, -0.2) is 0 Å². The van der Waals surface area contributed by atoms with E-state index in [2.05, 4.69) is 6.07 Å². The van der Waals surface area contributed by atoms with Gasteiger partial charge in [0.15, 0.2) is 0 Å². The van der Waals surface area contributed by atoms with Gasteiger partial charge in [0.05, 0.1) is 6.26 Å². The van der Waals surface area contributed by atoms with Crippen LogP contribution >= 0.6 is 0 Å². The van der Waals surface area contributed by atoms with E-state index in [9.17, 15) is 4.79 Å². The summed E-state index contributed by atoms with van der Waals surface area (Å²) in [5.41, 5.74) is 3.24. The van der Waals surface area contributed by atoms with Gasteiger partial charge in [0, 0.05) is 17.3 Å². The van der Waals surface area contributed by atoms with Gasteiger partial charge in [0.2, 0.25) is 5.88 Å². The quantitative estimate of drug-likeness (QED) is 0.753. The number of pyridine rings is 1. The molecule has 3 nitrogen and oxygen atoms in total. The molecule has 0 bridgehead atoms. The van der Waals surface area contributed by atoms with Crippen molar-refractivity contribution in [2.24, 2.45) is 0 Å². The minimum Gasteiger partial charge on any atom is -0.448 e. The normalized spacial score (nSPS) is 14.6. The second kappa shape index (κ2) is 3.91. The fourth-order valence-electron chi connectivity index (χ4n) is 2.62. The SMILES string of the molecule is Cc1cc2c(c(=O)n1-c1ccco1)CCCC2. The fraction of sp³-hybridized carbons (Fsp3) is 0.357. The second-order valence-electron chi connectivity index (χ2n) is 4.59. The average molecular weight is 229 g/mol. The zero-order valence-electron chi connectivity index (χ0n) is 9.90. The van der Waals surface area contributed by atoms with Crippen LogP contribution in [0.15, 0.2) is 33.7 Å². The van der Waals surface area contributed by atoms with E-state index in [1.54, 1.807) is 16.9 Å². The number of aryl methyl sites for hydroxylation is 2. The minimum atomic E-state index is 0.0923. The molecule has 0 spiro atoms. The van der Waals surface area contributed by atoms with Crippen LogP contribution in [0.1, 0.15) is 29.7 Å². The highest BCUT2D eigenvalue weighted by Crippen LogP contribution is 2.20. The van der Waals surface area contributed by atoms with Crippen LogP contribution < -0.4 is 5.56 Å². The first-order valence-corrected chi connectivity index (χ1v) is 6.05. The summed E-state index contributed by atoms with van der Waals surface area (Å²) in [6.07, 6.45) is 5.83. The van der Waals surface area contributed by atoms with Crippen molar-refractivity contribution in [2.45, 2.75) is 32.6 Å². The summed E-state index contributed by atoms with van der Waals surface area (Å²) in [4.78, 5) is 12.4. The molecule has 0 unspecified atom stereocenters. The van der Waals surface area contributed by atoms with E-state index in [-0.39, 0.29) is 5.56 Å². The minimum absolute atomic E-state index is 0.0923. The standard InChI is InChI=1S/C14H15NO2/c1-10-9-11-5-2-3-6-12(11)14(16)15(10)13-7-4-8-17-13/h4,7-9H,2-3,5-6H2,1H3. The number of fused-ring (bicyclic) bond motifs is 1. The zero-order chi connectivity index (χ0) is 11.8. The van der Waals surface area contributed by atoms with Crippen LogP contribution in [0.2, 0.25) is 0 Å². The van der Waals surface area contributed by atoms with Crippen molar-refractivity contribution in [3.63, 3.8) is 0 Å². The van der Waals surface area contributed by atoms with E-state index < -0.39 is 0 Å². The van der Waals surface area contributed by atoms with Gasteiger partial charge in [-0.15, -0.1) is 0 Å². The van der Waals surface area contributed by atoms with Crippen LogP contribution in [0.25, 0.3) is 5.88 Å². The predicted molar refractivity (Wildman–Crippen MR) is 65.7 cm³/mol. The third kappa shape index (κ3) is 1.62. The molecule has 1 aliphatic rings. The molecule has 0 amide bonds. The molecule has 3 heteroatoms. The predicted octanol–water partition coefficient (Wildman–Crippen LogP) is 2.62. The molecular weight excluding hydrogens is 214 g/mol. The lowest BCUT2D eigenvalue weighted by atomic mass is 9.92. The Morgan fingerprint density at radius 1 is 1.29 bits per heavy atom. The van der Waals surface area contributed by atoms with Crippen molar-refractivity contribution in [3.8, 4) is 5.88 Å². The smallest absolute Gasteiger partial charge is 0.261 e.